The average molecular weight is 346 g/mol. The molecule has 23 heavy (non-hydrogen) atoms. The molecule has 0 unspecified atom stereocenters. The predicted molar refractivity (Wildman–Crippen MR) is 76.7 cm³/mol. The molecule has 2 heterocycles. The molecule has 0 fully saturated rings. The summed E-state index contributed by atoms with van der Waals surface area (Å²) in [5, 5.41) is 6.40. The Labute approximate surface area is 134 Å². The normalized spacial score (nSPS) is 14.1. The minimum absolute atomic E-state index is 0.00769. The molecule has 1 aliphatic heterocycles. The zero-order chi connectivity index (χ0) is 16.6. The Morgan fingerprint density at radius 2 is 2.17 bits per heavy atom. The number of nitrogens with one attached hydrogen (secondary N) is 1. The molecule has 0 bridgehead atoms. The van der Waals surface area contributed by atoms with Crippen molar-refractivity contribution >= 4 is 23.2 Å². The lowest BCUT2D eigenvalue weighted by atomic mass is 10.2. The molecule has 1 aromatic carbocycles. The second-order valence-electron chi connectivity index (χ2n) is 4.94. The predicted octanol–water partition coefficient (Wildman–Crippen LogP) is 3.59. The number of ether oxygens (including phenoxy) is 1. The van der Waals surface area contributed by atoms with Gasteiger partial charge in [-0.25, -0.2) is 4.68 Å². The van der Waals surface area contributed by atoms with Gasteiger partial charge in [0.2, 0.25) is 5.88 Å². The molecule has 0 saturated carbocycles. The number of rotatable bonds is 2. The number of benzene rings is 1. The van der Waals surface area contributed by atoms with E-state index >= 15 is 0 Å². The van der Waals surface area contributed by atoms with Crippen molar-refractivity contribution in [2.45, 2.75) is 19.1 Å². The summed E-state index contributed by atoms with van der Waals surface area (Å²) in [5.74, 6) is -0.328. The van der Waals surface area contributed by atoms with Crippen LogP contribution < -0.4 is 10.1 Å². The molecule has 0 saturated heterocycles. The summed E-state index contributed by atoms with van der Waals surface area (Å²) in [6, 6.07) is 2.73. The summed E-state index contributed by atoms with van der Waals surface area (Å²) in [7, 11) is 0. The van der Waals surface area contributed by atoms with Gasteiger partial charge in [-0.15, -0.1) is 0 Å². The first-order chi connectivity index (χ1) is 10.9. The highest BCUT2D eigenvalue weighted by molar-refractivity contribution is 6.34. The monoisotopic (exact) mass is 345 g/mol. The van der Waals surface area contributed by atoms with E-state index in [1.165, 1.54) is 10.9 Å². The molecule has 2 aromatic rings. The second-order valence-corrected chi connectivity index (χ2v) is 5.34. The van der Waals surface area contributed by atoms with Crippen LogP contribution in [0.15, 0.2) is 24.4 Å². The standard InChI is InChI=1S/C14H11ClF3N3O2/c15-10-3-2-8(14(16,17)18)6-11(10)20-12(22)9-7-19-21-4-1-5-23-13(9)21/h2-3,6-7H,1,4-5H2,(H,20,22). The number of carbonyl (C=O) groups excluding carboxylic acids is 1. The van der Waals surface area contributed by atoms with Gasteiger partial charge in [-0.1, -0.05) is 11.6 Å². The maximum absolute atomic E-state index is 12.7. The molecule has 0 atom stereocenters. The largest absolute Gasteiger partial charge is 0.477 e. The lowest BCUT2D eigenvalue weighted by Crippen LogP contribution is -2.18. The van der Waals surface area contributed by atoms with E-state index in [-0.39, 0.29) is 16.3 Å². The van der Waals surface area contributed by atoms with Gasteiger partial charge in [0.25, 0.3) is 5.91 Å². The van der Waals surface area contributed by atoms with Crippen LogP contribution in [0.5, 0.6) is 5.88 Å². The zero-order valence-electron chi connectivity index (χ0n) is 11.7. The number of aromatic nitrogens is 2. The molecule has 1 aromatic heterocycles. The van der Waals surface area contributed by atoms with Gasteiger partial charge >= 0.3 is 6.18 Å². The molecule has 0 spiro atoms. The number of aryl methyl sites for hydroxylation is 1. The van der Waals surface area contributed by atoms with Crippen molar-refractivity contribution in [3.63, 3.8) is 0 Å². The van der Waals surface area contributed by atoms with Crippen LogP contribution in [0.4, 0.5) is 18.9 Å². The Morgan fingerprint density at radius 1 is 1.39 bits per heavy atom. The van der Waals surface area contributed by atoms with E-state index in [9.17, 15) is 18.0 Å². The van der Waals surface area contributed by atoms with Crippen LogP contribution in [-0.4, -0.2) is 22.3 Å². The number of anilines is 1. The van der Waals surface area contributed by atoms with Crippen molar-refractivity contribution in [3.8, 4) is 5.88 Å². The molecule has 0 aliphatic carbocycles. The fraction of sp³-hybridized carbons (Fsp3) is 0.286. The van der Waals surface area contributed by atoms with E-state index in [2.05, 4.69) is 10.4 Å². The number of halogens is 4. The first-order valence-corrected chi connectivity index (χ1v) is 7.11. The van der Waals surface area contributed by atoms with Gasteiger partial charge in [0.15, 0.2) is 0 Å². The van der Waals surface area contributed by atoms with Crippen LogP contribution >= 0.6 is 11.6 Å². The first-order valence-electron chi connectivity index (χ1n) is 6.73. The summed E-state index contributed by atoms with van der Waals surface area (Å²) < 4.78 is 45.2. The molecule has 5 nitrogen and oxygen atoms in total. The number of alkyl halides is 3. The van der Waals surface area contributed by atoms with Crippen molar-refractivity contribution in [3.05, 3.63) is 40.5 Å². The summed E-state index contributed by atoms with van der Waals surface area (Å²) in [6.45, 7) is 1.07. The van der Waals surface area contributed by atoms with E-state index in [0.29, 0.717) is 19.0 Å². The molecule has 122 valence electrons. The molecule has 0 radical (unpaired) electrons. The third kappa shape index (κ3) is 3.12. The third-order valence-electron chi connectivity index (χ3n) is 3.33. The van der Waals surface area contributed by atoms with E-state index in [0.717, 1.165) is 24.6 Å². The Hall–Kier alpha value is -2.22. The molecule has 9 heteroatoms. The Kier molecular flexibility index (Phi) is 3.93. The van der Waals surface area contributed by atoms with Gasteiger partial charge in [0, 0.05) is 13.0 Å². The topological polar surface area (TPSA) is 56.2 Å². The third-order valence-corrected chi connectivity index (χ3v) is 3.66. The fourth-order valence-electron chi connectivity index (χ4n) is 2.21. The highest BCUT2D eigenvalue weighted by Crippen LogP contribution is 2.34. The van der Waals surface area contributed by atoms with Gasteiger partial charge < -0.3 is 10.1 Å². The number of carbonyl (C=O) groups is 1. The van der Waals surface area contributed by atoms with Crippen LogP contribution in [-0.2, 0) is 12.7 Å². The molecule has 3 rings (SSSR count). The molecule has 1 amide bonds. The van der Waals surface area contributed by atoms with Crippen LogP contribution in [0.2, 0.25) is 5.02 Å². The number of fused-ring (bicyclic) bond motifs is 1. The fourth-order valence-corrected chi connectivity index (χ4v) is 2.38. The highest BCUT2D eigenvalue weighted by Gasteiger charge is 2.31. The Bertz CT molecular complexity index is 758. The maximum atomic E-state index is 12.7. The van der Waals surface area contributed by atoms with E-state index in [1.807, 2.05) is 0 Å². The highest BCUT2D eigenvalue weighted by atomic mass is 35.5. The lowest BCUT2D eigenvalue weighted by Gasteiger charge is -2.16. The van der Waals surface area contributed by atoms with Gasteiger partial charge in [-0.05, 0) is 18.2 Å². The van der Waals surface area contributed by atoms with Gasteiger partial charge in [-0.2, -0.15) is 18.3 Å². The SMILES string of the molecule is O=C(Nc1cc(C(F)(F)F)ccc1Cl)c1cnn2c1OCCC2. The number of hydrogen-bond donors (Lipinski definition) is 1. The van der Waals surface area contributed by atoms with Crippen molar-refractivity contribution < 1.29 is 22.7 Å². The summed E-state index contributed by atoms with van der Waals surface area (Å²) in [6.07, 6.45) is -2.43. The smallest absolute Gasteiger partial charge is 0.416 e. The summed E-state index contributed by atoms with van der Waals surface area (Å²) in [5.41, 5.74) is -0.870. The lowest BCUT2D eigenvalue weighted by molar-refractivity contribution is -0.137. The van der Waals surface area contributed by atoms with Crippen molar-refractivity contribution in [2.75, 3.05) is 11.9 Å². The first kappa shape index (κ1) is 15.7. The minimum atomic E-state index is -4.52. The minimum Gasteiger partial charge on any atom is -0.477 e. The Morgan fingerprint density at radius 3 is 2.91 bits per heavy atom. The van der Waals surface area contributed by atoms with Crippen molar-refractivity contribution in [1.82, 2.24) is 9.78 Å². The van der Waals surface area contributed by atoms with Gasteiger partial charge in [-0.3, -0.25) is 4.79 Å². The molecule has 1 N–H and O–H groups in total. The number of nitrogens with zero attached hydrogens (tertiary/aromatic N) is 2. The average Bonchev–Trinajstić information content (AvgIpc) is 2.92. The van der Waals surface area contributed by atoms with Crippen LogP contribution in [0.3, 0.4) is 0 Å². The zero-order valence-corrected chi connectivity index (χ0v) is 12.4. The van der Waals surface area contributed by atoms with Crippen LogP contribution in [0.1, 0.15) is 22.3 Å². The van der Waals surface area contributed by atoms with Crippen molar-refractivity contribution in [2.24, 2.45) is 0 Å². The van der Waals surface area contributed by atoms with Crippen molar-refractivity contribution in [1.29, 1.82) is 0 Å². The van der Waals surface area contributed by atoms with E-state index in [4.69, 9.17) is 16.3 Å². The molecule has 1 aliphatic rings. The van der Waals surface area contributed by atoms with E-state index in [1.54, 1.807) is 0 Å². The number of hydrogen-bond acceptors (Lipinski definition) is 3. The van der Waals surface area contributed by atoms with E-state index < -0.39 is 17.6 Å². The maximum Gasteiger partial charge on any atom is 0.416 e. The quantitative estimate of drug-likeness (QED) is 0.905. The summed E-state index contributed by atoms with van der Waals surface area (Å²) in [4.78, 5) is 12.3. The van der Waals surface area contributed by atoms with Crippen LogP contribution in [0, 0.1) is 0 Å². The Balaban J connectivity index is 1.87. The molecular weight excluding hydrogens is 335 g/mol. The van der Waals surface area contributed by atoms with Gasteiger partial charge in [0.05, 0.1) is 29.1 Å². The number of amides is 1. The molecular formula is C14H11ClF3N3O2. The van der Waals surface area contributed by atoms with Crippen LogP contribution in [0.25, 0.3) is 0 Å². The summed E-state index contributed by atoms with van der Waals surface area (Å²) >= 11 is 5.86. The second kappa shape index (κ2) is 5.77. The van der Waals surface area contributed by atoms with Gasteiger partial charge in [0.1, 0.15) is 5.56 Å².